The van der Waals surface area contributed by atoms with Gasteiger partial charge in [0.15, 0.2) is 0 Å². The molecule has 0 spiro atoms. The van der Waals surface area contributed by atoms with Crippen LogP contribution in [0.25, 0.3) is 0 Å². The lowest BCUT2D eigenvalue weighted by Gasteiger charge is -2.13. The maximum Gasteiger partial charge on any atom is 0.318 e. The Hall–Kier alpha value is -1.16. The van der Waals surface area contributed by atoms with Gasteiger partial charge in [-0.05, 0) is 30.5 Å². The molecule has 1 atom stereocenters. The van der Waals surface area contributed by atoms with Crippen LogP contribution in [0.4, 0.5) is 4.79 Å². The minimum atomic E-state index is 0.0160. The predicted molar refractivity (Wildman–Crippen MR) is 72.6 cm³/mol. The molecule has 1 aliphatic rings. The molecule has 1 saturated heterocycles. The Labute approximate surface area is 108 Å². The number of carbonyl (C=O) groups excluding carboxylic acids is 1. The van der Waals surface area contributed by atoms with Crippen LogP contribution in [0, 0.1) is 13.8 Å². The highest BCUT2D eigenvalue weighted by molar-refractivity contribution is 7.80. The monoisotopic (exact) mass is 250 g/mol. The summed E-state index contributed by atoms with van der Waals surface area (Å²) in [5.74, 6) is 0.701. The summed E-state index contributed by atoms with van der Waals surface area (Å²) >= 11 is 4.16. The smallest absolute Gasteiger partial charge is 0.318 e. The second kappa shape index (κ2) is 5.00. The molecule has 1 unspecified atom stereocenters. The van der Waals surface area contributed by atoms with Gasteiger partial charge in [-0.2, -0.15) is 12.6 Å². The Balaban J connectivity index is 2.14. The highest BCUT2D eigenvalue weighted by Crippen LogP contribution is 2.22. The fourth-order valence-electron chi connectivity index (χ4n) is 2.07. The molecule has 0 saturated carbocycles. The van der Waals surface area contributed by atoms with Gasteiger partial charge in [0.25, 0.3) is 0 Å². The third kappa shape index (κ3) is 2.57. The Morgan fingerprint density at radius 2 is 2.18 bits per heavy atom. The molecule has 0 aromatic heterocycles. The molecule has 17 heavy (non-hydrogen) atoms. The minimum Gasteiger partial charge on any atom is -0.329 e. The first kappa shape index (κ1) is 12.3. The number of hydrogen-bond donors (Lipinski definition) is 2. The average molecular weight is 250 g/mol. The fourth-order valence-corrected chi connectivity index (χ4v) is 2.31. The van der Waals surface area contributed by atoms with E-state index in [9.17, 15) is 4.79 Å². The van der Waals surface area contributed by atoms with Gasteiger partial charge in [0.2, 0.25) is 0 Å². The van der Waals surface area contributed by atoms with Gasteiger partial charge in [0.05, 0.1) is 6.04 Å². The second-order valence-corrected chi connectivity index (χ2v) is 4.96. The quantitative estimate of drug-likeness (QED) is 0.793. The maximum absolute atomic E-state index is 11.7. The second-order valence-electron chi connectivity index (χ2n) is 4.52. The van der Waals surface area contributed by atoms with Crippen molar-refractivity contribution < 1.29 is 4.79 Å². The zero-order chi connectivity index (χ0) is 12.4. The molecule has 1 N–H and O–H groups in total. The first-order valence-corrected chi connectivity index (χ1v) is 6.48. The first-order chi connectivity index (χ1) is 8.11. The Morgan fingerprint density at radius 1 is 1.41 bits per heavy atom. The van der Waals surface area contributed by atoms with Crippen LogP contribution in [-0.2, 0) is 0 Å². The summed E-state index contributed by atoms with van der Waals surface area (Å²) in [5.41, 5.74) is 3.73. The molecule has 0 aliphatic carbocycles. The van der Waals surface area contributed by atoms with Crippen molar-refractivity contribution in [2.75, 3.05) is 18.8 Å². The first-order valence-electron chi connectivity index (χ1n) is 5.85. The molecule has 3 nitrogen and oxygen atoms in total. The van der Waals surface area contributed by atoms with E-state index in [1.165, 1.54) is 16.7 Å². The number of benzene rings is 1. The highest BCUT2D eigenvalue weighted by atomic mass is 32.1. The Morgan fingerprint density at radius 3 is 2.82 bits per heavy atom. The molecule has 1 aromatic carbocycles. The number of thiol groups is 1. The summed E-state index contributed by atoms with van der Waals surface area (Å²) in [4.78, 5) is 13.5. The number of urea groups is 1. The molecule has 1 fully saturated rings. The van der Waals surface area contributed by atoms with E-state index in [0.717, 1.165) is 6.54 Å². The Kier molecular flexibility index (Phi) is 3.62. The number of amides is 2. The van der Waals surface area contributed by atoms with Crippen LogP contribution in [0.2, 0.25) is 0 Å². The zero-order valence-electron chi connectivity index (χ0n) is 10.2. The van der Waals surface area contributed by atoms with Crippen LogP contribution in [0.1, 0.15) is 22.7 Å². The predicted octanol–water partition coefficient (Wildman–Crippen LogP) is 2.30. The number of nitrogens with zero attached hydrogens (tertiary/aromatic N) is 1. The van der Waals surface area contributed by atoms with Crippen molar-refractivity contribution in [3.63, 3.8) is 0 Å². The van der Waals surface area contributed by atoms with Gasteiger partial charge in [-0.1, -0.05) is 18.2 Å². The lowest BCUT2D eigenvalue weighted by Crippen LogP contribution is -2.29. The molecule has 0 radical (unpaired) electrons. The molecule has 92 valence electrons. The molecular formula is C13H18N2OS. The van der Waals surface area contributed by atoms with Crippen LogP contribution >= 0.6 is 12.6 Å². The number of carbonyl (C=O) groups is 1. The topological polar surface area (TPSA) is 32.3 Å². The van der Waals surface area contributed by atoms with Gasteiger partial charge in [-0.15, -0.1) is 0 Å². The zero-order valence-corrected chi connectivity index (χ0v) is 11.1. The van der Waals surface area contributed by atoms with E-state index in [0.29, 0.717) is 12.3 Å². The van der Waals surface area contributed by atoms with Crippen molar-refractivity contribution in [3.05, 3.63) is 34.9 Å². The molecular weight excluding hydrogens is 232 g/mol. The van der Waals surface area contributed by atoms with Crippen molar-refractivity contribution in [2.24, 2.45) is 0 Å². The number of rotatable bonds is 3. The van der Waals surface area contributed by atoms with Crippen LogP contribution in [0.3, 0.4) is 0 Å². The molecule has 2 amide bonds. The van der Waals surface area contributed by atoms with Crippen molar-refractivity contribution >= 4 is 18.7 Å². The van der Waals surface area contributed by atoms with E-state index in [2.05, 4.69) is 50.0 Å². The minimum absolute atomic E-state index is 0.0160. The van der Waals surface area contributed by atoms with E-state index >= 15 is 0 Å². The van der Waals surface area contributed by atoms with Crippen molar-refractivity contribution in [1.82, 2.24) is 10.2 Å². The van der Waals surface area contributed by atoms with Crippen LogP contribution in [0.5, 0.6) is 0 Å². The summed E-state index contributed by atoms with van der Waals surface area (Å²) < 4.78 is 0. The Bertz CT molecular complexity index is 433. The van der Waals surface area contributed by atoms with E-state index in [1.807, 2.05) is 4.90 Å². The molecule has 4 heteroatoms. The van der Waals surface area contributed by atoms with Crippen molar-refractivity contribution in [1.29, 1.82) is 0 Å². The van der Waals surface area contributed by atoms with E-state index in [1.54, 1.807) is 0 Å². The lowest BCUT2D eigenvalue weighted by atomic mass is 10.0. The SMILES string of the molecule is Cc1ccc(C2CN(CCS)C(=O)N2)cc1C. The van der Waals surface area contributed by atoms with Crippen LogP contribution < -0.4 is 5.32 Å². The van der Waals surface area contributed by atoms with Crippen molar-refractivity contribution in [2.45, 2.75) is 19.9 Å². The standard InChI is InChI=1S/C13H18N2OS/c1-9-3-4-11(7-10(9)2)12-8-15(5-6-17)13(16)14-12/h3-4,7,12,17H,5-6,8H2,1-2H3,(H,14,16). The molecule has 0 bridgehead atoms. The van der Waals surface area contributed by atoms with Crippen molar-refractivity contribution in [3.8, 4) is 0 Å². The van der Waals surface area contributed by atoms with Gasteiger partial charge in [-0.3, -0.25) is 0 Å². The fraction of sp³-hybridized carbons (Fsp3) is 0.462. The summed E-state index contributed by atoms with van der Waals surface area (Å²) in [6.07, 6.45) is 0. The van der Waals surface area contributed by atoms with E-state index in [4.69, 9.17) is 0 Å². The summed E-state index contributed by atoms with van der Waals surface area (Å²) in [6.45, 7) is 5.64. The highest BCUT2D eigenvalue weighted by Gasteiger charge is 2.28. The average Bonchev–Trinajstić information content (AvgIpc) is 2.65. The van der Waals surface area contributed by atoms with Crippen LogP contribution in [-0.4, -0.2) is 29.8 Å². The largest absolute Gasteiger partial charge is 0.329 e. The summed E-state index contributed by atoms with van der Waals surface area (Å²) in [6, 6.07) is 6.49. The van der Waals surface area contributed by atoms with Gasteiger partial charge in [0.1, 0.15) is 0 Å². The maximum atomic E-state index is 11.7. The number of hydrogen-bond acceptors (Lipinski definition) is 2. The summed E-state index contributed by atoms with van der Waals surface area (Å²) in [7, 11) is 0. The van der Waals surface area contributed by atoms with Gasteiger partial charge < -0.3 is 10.2 Å². The molecule has 1 aromatic rings. The molecule has 1 aliphatic heterocycles. The van der Waals surface area contributed by atoms with E-state index < -0.39 is 0 Å². The molecule has 2 rings (SSSR count). The van der Waals surface area contributed by atoms with Gasteiger partial charge in [0, 0.05) is 18.8 Å². The third-order valence-electron chi connectivity index (χ3n) is 3.29. The summed E-state index contributed by atoms with van der Waals surface area (Å²) in [5, 5.41) is 3.00. The van der Waals surface area contributed by atoms with Gasteiger partial charge in [-0.25, -0.2) is 4.79 Å². The van der Waals surface area contributed by atoms with E-state index in [-0.39, 0.29) is 12.1 Å². The lowest BCUT2D eigenvalue weighted by molar-refractivity contribution is 0.220. The molecule has 1 heterocycles. The number of aryl methyl sites for hydroxylation is 2. The third-order valence-corrected chi connectivity index (χ3v) is 3.49. The van der Waals surface area contributed by atoms with Gasteiger partial charge >= 0.3 is 6.03 Å². The normalized spacial score (nSPS) is 19.6. The van der Waals surface area contributed by atoms with Crippen LogP contribution in [0.15, 0.2) is 18.2 Å². The number of nitrogens with one attached hydrogen (secondary N) is 1.